The lowest BCUT2D eigenvalue weighted by atomic mass is 10.1. The molecule has 0 heterocycles. The fraction of sp³-hybridized carbons (Fsp3) is 0.500. The number of hydrogen-bond acceptors (Lipinski definition) is 3. The van der Waals surface area contributed by atoms with Gasteiger partial charge >= 0.3 is 0 Å². The Balaban J connectivity index is 2.16. The third-order valence-corrected chi connectivity index (χ3v) is 4.76. The zero-order valence-electron chi connectivity index (χ0n) is 11.2. The zero-order chi connectivity index (χ0) is 14.0. The first-order valence-corrected chi connectivity index (χ1v) is 7.71. The molecule has 3 nitrogen and oxygen atoms in total. The minimum Gasteiger partial charge on any atom is -0.399 e. The van der Waals surface area contributed by atoms with Crippen molar-refractivity contribution in [1.29, 1.82) is 0 Å². The van der Waals surface area contributed by atoms with Gasteiger partial charge in [-0.2, -0.15) is 11.8 Å². The first kappa shape index (κ1) is 14.2. The van der Waals surface area contributed by atoms with Crippen molar-refractivity contribution in [3.05, 3.63) is 29.1 Å². The number of carbonyl (C=O) groups is 1. The van der Waals surface area contributed by atoms with Gasteiger partial charge in [-0.3, -0.25) is 4.79 Å². The van der Waals surface area contributed by atoms with Gasteiger partial charge in [-0.25, -0.2) is 4.39 Å². The van der Waals surface area contributed by atoms with Crippen LogP contribution in [0.15, 0.2) is 12.1 Å². The van der Waals surface area contributed by atoms with E-state index in [4.69, 9.17) is 5.73 Å². The van der Waals surface area contributed by atoms with Gasteiger partial charge in [-0.1, -0.05) is 6.42 Å². The normalized spacial score (nSPS) is 22.5. The van der Waals surface area contributed by atoms with Gasteiger partial charge in [0.15, 0.2) is 0 Å². The second kappa shape index (κ2) is 5.82. The summed E-state index contributed by atoms with van der Waals surface area (Å²) >= 11 is 1.76. The number of rotatable bonds is 3. The Morgan fingerprint density at radius 3 is 2.89 bits per heavy atom. The first-order valence-electron chi connectivity index (χ1n) is 6.42. The van der Waals surface area contributed by atoms with Crippen LogP contribution in [0.1, 0.15) is 35.2 Å². The number of amides is 1. The van der Waals surface area contributed by atoms with Crippen LogP contribution in [0.4, 0.5) is 10.1 Å². The molecule has 19 heavy (non-hydrogen) atoms. The maximum atomic E-state index is 14.0. The summed E-state index contributed by atoms with van der Waals surface area (Å²) in [5, 5.41) is 3.36. The molecule has 2 rings (SSSR count). The number of nitrogens with one attached hydrogen (secondary N) is 1. The molecule has 1 saturated carbocycles. The van der Waals surface area contributed by atoms with Gasteiger partial charge in [0.05, 0.1) is 5.56 Å². The van der Waals surface area contributed by atoms with Gasteiger partial charge in [0.2, 0.25) is 0 Å². The molecule has 0 spiro atoms. The number of thioether (sulfide) groups is 1. The van der Waals surface area contributed by atoms with E-state index in [9.17, 15) is 9.18 Å². The fourth-order valence-electron chi connectivity index (χ4n) is 2.58. The highest BCUT2D eigenvalue weighted by Crippen LogP contribution is 2.29. The van der Waals surface area contributed by atoms with Crippen molar-refractivity contribution in [2.75, 3.05) is 12.0 Å². The summed E-state index contributed by atoms with van der Waals surface area (Å²) in [4.78, 5) is 12.2. The molecule has 1 aliphatic rings. The predicted molar refractivity (Wildman–Crippen MR) is 78.0 cm³/mol. The van der Waals surface area contributed by atoms with Gasteiger partial charge in [0, 0.05) is 17.0 Å². The third-order valence-electron chi connectivity index (χ3n) is 3.59. The van der Waals surface area contributed by atoms with Crippen LogP contribution in [-0.4, -0.2) is 23.5 Å². The summed E-state index contributed by atoms with van der Waals surface area (Å²) in [5.74, 6) is -0.843. The van der Waals surface area contributed by atoms with E-state index in [0.717, 1.165) is 19.3 Å². The second-order valence-corrected chi connectivity index (χ2v) is 6.06. The van der Waals surface area contributed by atoms with Crippen molar-refractivity contribution in [3.63, 3.8) is 0 Å². The van der Waals surface area contributed by atoms with Crippen LogP contribution < -0.4 is 11.1 Å². The Bertz CT molecular complexity index is 493. The van der Waals surface area contributed by atoms with Gasteiger partial charge in [0.1, 0.15) is 5.82 Å². The van der Waals surface area contributed by atoms with Crippen molar-refractivity contribution >= 4 is 23.4 Å². The number of benzene rings is 1. The fourth-order valence-corrected chi connectivity index (χ4v) is 3.52. The quantitative estimate of drug-likeness (QED) is 0.838. The Labute approximate surface area is 117 Å². The average molecular weight is 282 g/mol. The summed E-state index contributed by atoms with van der Waals surface area (Å²) in [6, 6.07) is 3.07. The molecule has 1 amide bonds. The van der Waals surface area contributed by atoms with E-state index in [-0.39, 0.29) is 17.5 Å². The number of nitrogen functional groups attached to an aromatic ring is 1. The molecule has 5 heteroatoms. The lowest BCUT2D eigenvalue weighted by Gasteiger charge is -2.19. The second-order valence-electron chi connectivity index (χ2n) is 4.98. The number of carbonyl (C=O) groups excluding carboxylic acids is 1. The van der Waals surface area contributed by atoms with Crippen LogP contribution in [0.25, 0.3) is 0 Å². The van der Waals surface area contributed by atoms with E-state index in [1.807, 2.05) is 6.26 Å². The first-order chi connectivity index (χ1) is 9.02. The number of halogens is 1. The number of aryl methyl sites for hydroxylation is 1. The van der Waals surface area contributed by atoms with Crippen molar-refractivity contribution in [2.45, 2.75) is 37.5 Å². The Morgan fingerprint density at radius 1 is 1.47 bits per heavy atom. The molecule has 1 aromatic rings. The highest BCUT2D eigenvalue weighted by atomic mass is 32.2. The standard InChI is InChI=1S/C14H19FN2OS/c1-8-6-9(16)7-10(13(8)15)14(18)17-11-4-3-5-12(11)19-2/h6-7,11-12H,3-5,16H2,1-2H3,(H,17,18). The predicted octanol–water partition coefficient (Wildman–Crippen LogP) is 2.73. The molecular weight excluding hydrogens is 263 g/mol. The van der Waals surface area contributed by atoms with Crippen molar-refractivity contribution in [1.82, 2.24) is 5.32 Å². The average Bonchev–Trinajstić information content (AvgIpc) is 2.80. The van der Waals surface area contributed by atoms with E-state index in [0.29, 0.717) is 16.5 Å². The van der Waals surface area contributed by atoms with Gasteiger partial charge in [-0.05, 0) is 43.7 Å². The monoisotopic (exact) mass is 282 g/mol. The van der Waals surface area contributed by atoms with Crippen LogP contribution >= 0.6 is 11.8 Å². The van der Waals surface area contributed by atoms with E-state index in [1.54, 1.807) is 18.7 Å². The number of nitrogens with two attached hydrogens (primary N) is 1. The summed E-state index contributed by atoms with van der Waals surface area (Å²) in [6.07, 6.45) is 5.21. The minimum absolute atomic E-state index is 0.0456. The summed E-state index contributed by atoms with van der Waals surface area (Å²) in [6.45, 7) is 1.61. The summed E-state index contributed by atoms with van der Waals surface area (Å²) in [5.41, 5.74) is 6.54. The maximum absolute atomic E-state index is 14.0. The highest BCUT2D eigenvalue weighted by molar-refractivity contribution is 7.99. The largest absolute Gasteiger partial charge is 0.399 e. The number of hydrogen-bond donors (Lipinski definition) is 2. The van der Waals surface area contributed by atoms with Crippen molar-refractivity contribution in [3.8, 4) is 0 Å². The van der Waals surface area contributed by atoms with E-state index >= 15 is 0 Å². The minimum atomic E-state index is -0.481. The van der Waals surface area contributed by atoms with Crippen LogP contribution in [0.3, 0.4) is 0 Å². The lowest BCUT2D eigenvalue weighted by molar-refractivity contribution is 0.0934. The SMILES string of the molecule is CSC1CCCC1NC(=O)c1cc(N)cc(C)c1F. The molecule has 1 aromatic carbocycles. The number of anilines is 1. The molecule has 2 unspecified atom stereocenters. The van der Waals surface area contributed by atoms with Crippen molar-refractivity contribution in [2.24, 2.45) is 0 Å². The molecule has 0 saturated heterocycles. The smallest absolute Gasteiger partial charge is 0.254 e. The molecule has 104 valence electrons. The Kier molecular flexibility index (Phi) is 4.34. The third kappa shape index (κ3) is 3.03. The Hall–Kier alpha value is -1.23. The van der Waals surface area contributed by atoms with Gasteiger partial charge in [0.25, 0.3) is 5.91 Å². The van der Waals surface area contributed by atoms with Crippen LogP contribution in [0.2, 0.25) is 0 Å². The zero-order valence-corrected chi connectivity index (χ0v) is 12.0. The summed E-state index contributed by atoms with van der Waals surface area (Å²) < 4.78 is 14.0. The molecule has 0 aliphatic heterocycles. The molecule has 0 bridgehead atoms. The van der Waals surface area contributed by atoms with Gasteiger partial charge in [-0.15, -0.1) is 0 Å². The maximum Gasteiger partial charge on any atom is 0.254 e. The van der Waals surface area contributed by atoms with E-state index < -0.39 is 5.82 Å². The van der Waals surface area contributed by atoms with E-state index in [2.05, 4.69) is 5.32 Å². The lowest BCUT2D eigenvalue weighted by Crippen LogP contribution is -2.39. The molecule has 3 N–H and O–H groups in total. The molecule has 0 aromatic heterocycles. The van der Waals surface area contributed by atoms with Gasteiger partial charge < -0.3 is 11.1 Å². The molecular formula is C14H19FN2OS. The topological polar surface area (TPSA) is 55.1 Å². The molecule has 2 atom stereocenters. The van der Waals surface area contributed by atoms with Crippen LogP contribution in [0, 0.1) is 12.7 Å². The highest BCUT2D eigenvalue weighted by Gasteiger charge is 2.28. The Morgan fingerprint density at radius 2 is 2.21 bits per heavy atom. The summed E-state index contributed by atoms with van der Waals surface area (Å²) in [7, 11) is 0. The van der Waals surface area contributed by atoms with Crippen molar-refractivity contribution < 1.29 is 9.18 Å². The molecule has 0 radical (unpaired) electrons. The molecule has 1 aliphatic carbocycles. The van der Waals surface area contributed by atoms with E-state index in [1.165, 1.54) is 12.1 Å². The van der Waals surface area contributed by atoms with Crippen LogP contribution in [0.5, 0.6) is 0 Å². The molecule has 1 fully saturated rings. The van der Waals surface area contributed by atoms with Crippen LogP contribution in [-0.2, 0) is 0 Å².